The van der Waals surface area contributed by atoms with Crippen LogP contribution >= 0.6 is 0 Å². The maximum Gasteiger partial charge on any atom is 0.189 e. The second kappa shape index (κ2) is 14.1. The second-order valence-corrected chi connectivity index (χ2v) is 7.11. The van der Waals surface area contributed by atoms with E-state index in [9.17, 15) is 0 Å². The summed E-state index contributed by atoms with van der Waals surface area (Å²) in [7, 11) is 0. The highest BCUT2D eigenvalue weighted by molar-refractivity contribution is 4.72. The van der Waals surface area contributed by atoms with E-state index in [1.165, 1.54) is 38.5 Å². The van der Waals surface area contributed by atoms with Crippen molar-refractivity contribution in [2.24, 2.45) is 0 Å². The number of rotatable bonds is 15. The fraction of sp³-hybridized carbons (Fsp3) is 1.00. The first-order valence-corrected chi connectivity index (χ1v) is 10.2. The van der Waals surface area contributed by atoms with E-state index in [4.69, 9.17) is 18.9 Å². The minimum atomic E-state index is -0.612. The summed E-state index contributed by atoms with van der Waals surface area (Å²) in [5.41, 5.74) is 0. The van der Waals surface area contributed by atoms with Crippen molar-refractivity contribution < 1.29 is 18.9 Å². The van der Waals surface area contributed by atoms with Crippen molar-refractivity contribution in [3.63, 3.8) is 0 Å². The van der Waals surface area contributed by atoms with Gasteiger partial charge in [0, 0.05) is 13.2 Å². The van der Waals surface area contributed by atoms with Crippen LogP contribution in [0.3, 0.4) is 0 Å². The Morgan fingerprint density at radius 1 is 0.875 bits per heavy atom. The normalized spacial score (nSPS) is 24.4. The molecule has 0 spiro atoms. The van der Waals surface area contributed by atoms with Gasteiger partial charge in [-0.1, -0.05) is 58.8 Å². The summed E-state index contributed by atoms with van der Waals surface area (Å²) in [5.74, 6) is -0.612. The predicted molar refractivity (Wildman–Crippen MR) is 98.4 cm³/mol. The van der Waals surface area contributed by atoms with Crippen molar-refractivity contribution in [1.29, 1.82) is 0 Å². The fourth-order valence-corrected chi connectivity index (χ4v) is 2.92. The van der Waals surface area contributed by atoms with Crippen LogP contribution in [-0.4, -0.2) is 44.9 Å². The molecule has 1 heterocycles. The molecule has 0 bridgehead atoms. The Kier molecular flexibility index (Phi) is 12.8. The standard InChI is InChI=1S/C20H40O4/c1-4-6-8-9-10-11-12-15-21-17-19-13-16-23-20(3,24-19)18-22-14-7-5-2/h19H,4-18H2,1-3H3. The lowest BCUT2D eigenvalue weighted by Crippen LogP contribution is -2.47. The average Bonchev–Trinajstić information content (AvgIpc) is 2.57. The van der Waals surface area contributed by atoms with E-state index in [-0.39, 0.29) is 6.10 Å². The van der Waals surface area contributed by atoms with Crippen LogP contribution < -0.4 is 0 Å². The maximum atomic E-state index is 6.05. The molecule has 0 amide bonds. The molecular weight excluding hydrogens is 304 g/mol. The Morgan fingerprint density at radius 3 is 2.29 bits per heavy atom. The van der Waals surface area contributed by atoms with Gasteiger partial charge in [-0.3, -0.25) is 0 Å². The molecule has 0 saturated carbocycles. The van der Waals surface area contributed by atoms with Crippen molar-refractivity contribution in [3.05, 3.63) is 0 Å². The van der Waals surface area contributed by atoms with Gasteiger partial charge < -0.3 is 18.9 Å². The highest BCUT2D eigenvalue weighted by Crippen LogP contribution is 2.23. The SMILES string of the molecule is CCCCCCCCCOCC1CCOC(C)(COCCCC)O1. The molecule has 2 atom stereocenters. The summed E-state index contributed by atoms with van der Waals surface area (Å²) < 4.78 is 23.3. The molecule has 2 unspecified atom stereocenters. The molecule has 144 valence electrons. The van der Waals surface area contributed by atoms with Crippen LogP contribution in [-0.2, 0) is 18.9 Å². The molecule has 0 aromatic rings. The minimum Gasteiger partial charge on any atom is -0.379 e. The van der Waals surface area contributed by atoms with Gasteiger partial charge in [-0.15, -0.1) is 0 Å². The number of hydrogen-bond donors (Lipinski definition) is 0. The van der Waals surface area contributed by atoms with Crippen LogP contribution in [0, 0.1) is 0 Å². The van der Waals surface area contributed by atoms with Crippen LogP contribution in [0.4, 0.5) is 0 Å². The smallest absolute Gasteiger partial charge is 0.189 e. The summed E-state index contributed by atoms with van der Waals surface area (Å²) in [6.07, 6.45) is 12.5. The predicted octanol–water partition coefficient (Wildman–Crippen LogP) is 5.09. The molecule has 0 aliphatic carbocycles. The number of hydrogen-bond acceptors (Lipinski definition) is 4. The van der Waals surface area contributed by atoms with Gasteiger partial charge in [0.05, 0.1) is 19.3 Å². The summed E-state index contributed by atoms with van der Waals surface area (Å²) in [4.78, 5) is 0. The van der Waals surface area contributed by atoms with E-state index in [1.54, 1.807) is 0 Å². The molecule has 1 aliphatic heterocycles. The van der Waals surface area contributed by atoms with Gasteiger partial charge in [0.1, 0.15) is 6.61 Å². The van der Waals surface area contributed by atoms with E-state index in [2.05, 4.69) is 13.8 Å². The lowest BCUT2D eigenvalue weighted by molar-refractivity contribution is -0.306. The molecule has 24 heavy (non-hydrogen) atoms. The van der Waals surface area contributed by atoms with Gasteiger partial charge in [0.25, 0.3) is 0 Å². The Labute approximate surface area is 149 Å². The average molecular weight is 345 g/mol. The molecule has 0 N–H and O–H groups in total. The Bertz CT molecular complexity index is 285. The third kappa shape index (κ3) is 10.7. The summed E-state index contributed by atoms with van der Waals surface area (Å²) in [6.45, 7) is 9.91. The largest absolute Gasteiger partial charge is 0.379 e. The van der Waals surface area contributed by atoms with Gasteiger partial charge in [0.15, 0.2) is 5.79 Å². The summed E-state index contributed by atoms with van der Waals surface area (Å²) >= 11 is 0. The zero-order valence-corrected chi connectivity index (χ0v) is 16.3. The molecule has 4 heteroatoms. The zero-order chi connectivity index (χ0) is 17.5. The molecule has 0 radical (unpaired) electrons. The van der Waals surface area contributed by atoms with Crippen molar-refractivity contribution >= 4 is 0 Å². The zero-order valence-electron chi connectivity index (χ0n) is 16.3. The van der Waals surface area contributed by atoms with E-state index in [0.717, 1.165) is 45.5 Å². The van der Waals surface area contributed by atoms with E-state index in [0.29, 0.717) is 13.2 Å². The molecular formula is C20H40O4. The van der Waals surface area contributed by atoms with Crippen molar-refractivity contribution in [2.75, 3.05) is 33.0 Å². The van der Waals surface area contributed by atoms with E-state index < -0.39 is 5.79 Å². The Hall–Kier alpha value is -0.160. The van der Waals surface area contributed by atoms with Crippen LogP contribution in [0.5, 0.6) is 0 Å². The van der Waals surface area contributed by atoms with Gasteiger partial charge in [0.2, 0.25) is 0 Å². The topological polar surface area (TPSA) is 36.9 Å². The van der Waals surface area contributed by atoms with Crippen LogP contribution in [0.1, 0.15) is 85.0 Å². The quantitative estimate of drug-likeness (QED) is 0.388. The second-order valence-electron chi connectivity index (χ2n) is 7.11. The van der Waals surface area contributed by atoms with Crippen molar-refractivity contribution in [2.45, 2.75) is 96.9 Å². The van der Waals surface area contributed by atoms with Gasteiger partial charge >= 0.3 is 0 Å². The molecule has 1 rings (SSSR count). The molecule has 0 aromatic heterocycles. The third-order valence-corrected chi connectivity index (χ3v) is 4.47. The molecule has 1 aliphatic rings. The molecule has 1 fully saturated rings. The number of ether oxygens (including phenoxy) is 4. The monoisotopic (exact) mass is 344 g/mol. The van der Waals surface area contributed by atoms with Crippen molar-refractivity contribution in [3.8, 4) is 0 Å². The highest BCUT2D eigenvalue weighted by atomic mass is 16.7. The fourth-order valence-electron chi connectivity index (χ4n) is 2.92. The van der Waals surface area contributed by atoms with Gasteiger partial charge in [-0.05, 0) is 26.2 Å². The summed E-state index contributed by atoms with van der Waals surface area (Å²) in [5, 5.41) is 0. The Morgan fingerprint density at radius 2 is 1.54 bits per heavy atom. The third-order valence-electron chi connectivity index (χ3n) is 4.47. The highest BCUT2D eigenvalue weighted by Gasteiger charge is 2.34. The lowest BCUT2D eigenvalue weighted by Gasteiger charge is -2.38. The Balaban J connectivity index is 2.02. The molecule has 4 nitrogen and oxygen atoms in total. The lowest BCUT2D eigenvalue weighted by atomic mass is 10.1. The number of unbranched alkanes of at least 4 members (excludes halogenated alkanes) is 7. The van der Waals surface area contributed by atoms with Crippen molar-refractivity contribution in [1.82, 2.24) is 0 Å². The van der Waals surface area contributed by atoms with E-state index >= 15 is 0 Å². The van der Waals surface area contributed by atoms with Crippen LogP contribution in [0.2, 0.25) is 0 Å². The molecule has 0 aromatic carbocycles. The molecule has 1 saturated heterocycles. The van der Waals surface area contributed by atoms with Crippen LogP contribution in [0.15, 0.2) is 0 Å². The summed E-state index contributed by atoms with van der Waals surface area (Å²) in [6, 6.07) is 0. The van der Waals surface area contributed by atoms with Crippen LogP contribution in [0.25, 0.3) is 0 Å². The minimum absolute atomic E-state index is 0.128. The maximum absolute atomic E-state index is 6.05. The first-order valence-electron chi connectivity index (χ1n) is 10.2. The first-order chi connectivity index (χ1) is 11.7. The first kappa shape index (κ1) is 21.9. The van der Waals surface area contributed by atoms with Gasteiger partial charge in [-0.2, -0.15) is 0 Å². The van der Waals surface area contributed by atoms with Gasteiger partial charge in [-0.25, -0.2) is 0 Å². The van der Waals surface area contributed by atoms with E-state index in [1.807, 2.05) is 6.92 Å².